The van der Waals surface area contributed by atoms with Crippen molar-refractivity contribution in [2.24, 2.45) is 5.92 Å². The van der Waals surface area contributed by atoms with Crippen LogP contribution < -0.4 is 4.90 Å². The Morgan fingerprint density at radius 1 is 1.06 bits per heavy atom. The van der Waals surface area contributed by atoms with Gasteiger partial charge in [0.25, 0.3) is 0 Å². The summed E-state index contributed by atoms with van der Waals surface area (Å²) >= 11 is 0. The molecule has 2 aliphatic carbocycles. The van der Waals surface area contributed by atoms with Gasteiger partial charge >= 0.3 is 0 Å². The number of rotatable bonds is 7. The average Bonchev–Trinajstić information content (AvgIpc) is 3.33. The van der Waals surface area contributed by atoms with Crippen LogP contribution in [0.4, 0.5) is 5.82 Å². The van der Waals surface area contributed by atoms with Gasteiger partial charge in [-0.05, 0) is 82.3 Å². The van der Waals surface area contributed by atoms with Gasteiger partial charge in [0.1, 0.15) is 11.5 Å². The quantitative estimate of drug-likeness (QED) is 0.547. The molecule has 0 amide bonds. The maximum atomic E-state index is 5.08. The number of anilines is 1. The Hall–Kier alpha value is -2.44. The molecule has 0 spiro atoms. The summed E-state index contributed by atoms with van der Waals surface area (Å²) < 4.78 is 2.32. The lowest BCUT2D eigenvalue weighted by Gasteiger charge is -2.34. The largest absolute Gasteiger partial charge is 0.356 e. The molecule has 6 heteroatoms. The second-order valence-electron chi connectivity index (χ2n) is 10.5. The van der Waals surface area contributed by atoms with E-state index in [0.29, 0.717) is 12.1 Å². The fraction of sp³-hybridized carbons (Fsp3) is 0.556. The van der Waals surface area contributed by atoms with Crippen molar-refractivity contribution in [3.63, 3.8) is 0 Å². The highest BCUT2D eigenvalue weighted by molar-refractivity contribution is 5.53. The van der Waals surface area contributed by atoms with Crippen molar-refractivity contribution >= 4 is 11.5 Å². The molecule has 2 fully saturated rings. The highest BCUT2D eigenvalue weighted by Gasteiger charge is 2.32. The number of fused-ring (bicyclic) bond motifs is 2. The number of hydrogen-bond acceptors (Lipinski definition) is 5. The topological polar surface area (TPSA) is 39.9 Å². The van der Waals surface area contributed by atoms with Crippen molar-refractivity contribution in [2.75, 3.05) is 38.6 Å². The minimum atomic E-state index is 0.416. The zero-order valence-corrected chi connectivity index (χ0v) is 20.0. The van der Waals surface area contributed by atoms with Crippen molar-refractivity contribution in [1.29, 1.82) is 0 Å². The molecule has 0 unspecified atom stereocenters. The van der Waals surface area contributed by atoms with E-state index < -0.39 is 0 Å². The summed E-state index contributed by atoms with van der Waals surface area (Å²) in [4.78, 5) is 17.5. The molecule has 3 aromatic rings. The lowest BCUT2D eigenvalue weighted by Crippen LogP contribution is -2.33. The Morgan fingerprint density at radius 2 is 1.97 bits per heavy atom. The van der Waals surface area contributed by atoms with Gasteiger partial charge in [-0.25, -0.2) is 4.98 Å². The van der Waals surface area contributed by atoms with Gasteiger partial charge in [0.15, 0.2) is 0 Å². The van der Waals surface area contributed by atoms with E-state index in [1.165, 1.54) is 61.3 Å². The molecular weight excluding hydrogens is 408 g/mol. The second kappa shape index (κ2) is 8.73. The van der Waals surface area contributed by atoms with Crippen LogP contribution in [0.2, 0.25) is 0 Å². The number of imidazole rings is 1. The number of hydrogen-bond donors (Lipinski definition) is 0. The Bertz CT molecular complexity index is 1120. The zero-order valence-electron chi connectivity index (χ0n) is 20.0. The fourth-order valence-corrected chi connectivity index (χ4v) is 5.83. The van der Waals surface area contributed by atoms with Crippen molar-refractivity contribution < 1.29 is 0 Å². The Labute approximate surface area is 197 Å². The summed E-state index contributed by atoms with van der Waals surface area (Å²) in [6, 6.07) is 12.0. The number of pyridine rings is 2. The number of aromatic nitrogens is 3. The summed E-state index contributed by atoms with van der Waals surface area (Å²) in [7, 11) is 4.38. The van der Waals surface area contributed by atoms with Crippen LogP contribution in [0.3, 0.4) is 0 Å². The lowest BCUT2D eigenvalue weighted by molar-refractivity contribution is 0.157. The molecule has 3 aromatic heterocycles. The van der Waals surface area contributed by atoms with Gasteiger partial charge in [0, 0.05) is 44.6 Å². The third kappa shape index (κ3) is 4.26. The maximum Gasteiger partial charge on any atom is 0.138 e. The van der Waals surface area contributed by atoms with Crippen LogP contribution in [0.25, 0.3) is 5.65 Å². The maximum absolute atomic E-state index is 5.08. The Morgan fingerprint density at radius 3 is 2.79 bits per heavy atom. The van der Waals surface area contributed by atoms with Crippen LogP contribution in [0.1, 0.15) is 55.1 Å². The van der Waals surface area contributed by atoms with Gasteiger partial charge < -0.3 is 9.80 Å². The van der Waals surface area contributed by atoms with E-state index in [1.807, 2.05) is 6.20 Å². The van der Waals surface area contributed by atoms with Crippen molar-refractivity contribution in [1.82, 2.24) is 24.2 Å². The summed E-state index contributed by atoms with van der Waals surface area (Å²) in [6.45, 7) is 4.25. The molecule has 0 bridgehead atoms. The molecule has 1 saturated heterocycles. The molecule has 33 heavy (non-hydrogen) atoms. The van der Waals surface area contributed by atoms with Crippen molar-refractivity contribution in [3.8, 4) is 0 Å². The molecule has 174 valence electrons. The van der Waals surface area contributed by atoms with Gasteiger partial charge in [-0.2, -0.15) is 0 Å². The van der Waals surface area contributed by atoms with Crippen LogP contribution in [0.15, 0.2) is 42.7 Å². The molecule has 6 nitrogen and oxygen atoms in total. The third-order valence-electron chi connectivity index (χ3n) is 7.90. The minimum Gasteiger partial charge on any atom is -0.356 e. The molecule has 3 aliphatic rings. The predicted molar refractivity (Wildman–Crippen MR) is 133 cm³/mol. The molecule has 0 aromatic carbocycles. The first-order valence-corrected chi connectivity index (χ1v) is 12.7. The van der Waals surface area contributed by atoms with Gasteiger partial charge in [0.05, 0.1) is 17.4 Å². The lowest BCUT2D eigenvalue weighted by atomic mass is 9.90. The van der Waals surface area contributed by atoms with Crippen LogP contribution >= 0.6 is 0 Å². The first-order valence-electron chi connectivity index (χ1n) is 12.7. The first kappa shape index (κ1) is 21.1. The van der Waals surface area contributed by atoms with E-state index >= 15 is 0 Å². The van der Waals surface area contributed by atoms with E-state index in [2.05, 4.69) is 69.7 Å². The highest BCUT2D eigenvalue weighted by Crippen LogP contribution is 2.38. The molecule has 1 saturated carbocycles. The average molecular weight is 445 g/mol. The Balaban J connectivity index is 1.28. The van der Waals surface area contributed by atoms with Crippen LogP contribution in [-0.4, -0.2) is 63.9 Å². The molecule has 0 N–H and O–H groups in total. The van der Waals surface area contributed by atoms with Crippen LogP contribution in [-0.2, 0) is 13.0 Å². The molecular formula is C27H36N6. The fourth-order valence-electron chi connectivity index (χ4n) is 5.83. The van der Waals surface area contributed by atoms with E-state index in [9.17, 15) is 0 Å². The van der Waals surface area contributed by atoms with E-state index in [-0.39, 0.29) is 0 Å². The van der Waals surface area contributed by atoms with Crippen molar-refractivity contribution in [2.45, 2.75) is 57.2 Å². The second-order valence-corrected chi connectivity index (χ2v) is 10.5. The molecule has 4 heterocycles. The molecule has 0 radical (unpaired) electrons. The summed E-state index contributed by atoms with van der Waals surface area (Å²) in [5, 5.41) is 0. The number of nitrogens with zero attached hydrogens (tertiary/aromatic N) is 6. The summed E-state index contributed by atoms with van der Waals surface area (Å²) in [5.74, 6) is 2.12. The molecule has 2 atom stereocenters. The normalized spacial score (nSPS) is 23.1. The molecule has 6 rings (SSSR count). The summed E-state index contributed by atoms with van der Waals surface area (Å²) in [6.07, 6.45) is 11.8. The SMILES string of the molecule is CN(C)[C@@H]1CCN(c2cccc3nc(CN(CC4CC4)[C@H]4CCCc5cccnc54)cn23)C1. The van der Waals surface area contributed by atoms with Gasteiger partial charge in [-0.15, -0.1) is 0 Å². The minimum absolute atomic E-state index is 0.416. The summed E-state index contributed by atoms with van der Waals surface area (Å²) in [5.41, 5.74) is 4.98. The van der Waals surface area contributed by atoms with Crippen LogP contribution in [0, 0.1) is 5.92 Å². The van der Waals surface area contributed by atoms with Gasteiger partial charge in [-0.3, -0.25) is 14.3 Å². The number of likely N-dealkylation sites (N-methyl/N-ethyl adjacent to an activating group) is 1. The zero-order chi connectivity index (χ0) is 22.4. The monoisotopic (exact) mass is 444 g/mol. The predicted octanol–water partition coefficient (Wildman–Crippen LogP) is 4.16. The van der Waals surface area contributed by atoms with Gasteiger partial charge in [0.2, 0.25) is 0 Å². The van der Waals surface area contributed by atoms with Gasteiger partial charge in [-0.1, -0.05) is 12.1 Å². The van der Waals surface area contributed by atoms with Crippen molar-refractivity contribution in [3.05, 3.63) is 59.7 Å². The van der Waals surface area contributed by atoms with Crippen LogP contribution in [0.5, 0.6) is 0 Å². The standard InChI is InChI=1S/C27H36N6/c1-30(2)23-13-15-31(19-23)26-10-4-9-25-29-22(18-33(25)26)17-32(16-20-11-12-20)24-8-3-6-21-7-5-14-28-27(21)24/h4-5,7,9-10,14,18,20,23-24H,3,6,8,11-13,15-17,19H2,1-2H3/t23-,24+/m1/s1. The van der Waals surface area contributed by atoms with E-state index in [0.717, 1.165) is 37.7 Å². The Kier molecular flexibility index (Phi) is 5.59. The smallest absolute Gasteiger partial charge is 0.138 e. The van der Waals surface area contributed by atoms with E-state index in [4.69, 9.17) is 9.97 Å². The highest BCUT2D eigenvalue weighted by atomic mass is 15.3. The third-order valence-corrected chi connectivity index (χ3v) is 7.90. The molecule has 1 aliphatic heterocycles. The first-order chi connectivity index (χ1) is 16.2. The van der Waals surface area contributed by atoms with E-state index in [1.54, 1.807) is 0 Å². The number of aryl methyl sites for hydroxylation is 1.